The fourth-order valence-electron chi connectivity index (χ4n) is 1.57. The van der Waals surface area contributed by atoms with Gasteiger partial charge < -0.3 is 9.84 Å². The van der Waals surface area contributed by atoms with Crippen molar-refractivity contribution < 1.29 is 14.6 Å². The van der Waals surface area contributed by atoms with Gasteiger partial charge in [-0.15, -0.1) is 0 Å². The zero-order valence-corrected chi connectivity index (χ0v) is 11.4. The number of halogens is 2. The predicted molar refractivity (Wildman–Crippen MR) is 73.2 cm³/mol. The number of aromatic nitrogens is 1. The molecule has 4 nitrogen and oxygen atoms in total. The molecule has 0 saturated carbocycles. The summed E-state index contributed by atoms with van der Waals surface area (Å²) in [6, 6.07) is 7.68. The number of nitrogens with zero attached hydrogens (tertiary/aromatic N) is 1. The normalized spacial score (nSPS) is 10.3. The van der Waals surface area contributed by atoms with Crippen LogP contribution in [0.5, 0.6) is 5.88 Å². The second kappa shape index (κ2) is 5.47. The van der Waals surface area contributed by atoms with Crippen molar-refractivity contribution in [2.45, 2.75) is 0 Å². The molecular formula is C13H9Cl2NO3. The Morgan fingerprint density at radius 2 is 2.00 bits per heavy atom. The average molecular weight is 298 g/mol. The number of carboxylic acids is 1. The molecule has 2 aromatic rings. The number of carboxylic acid groups (broad SMARTS) is 1. The molecule has 1 N–H and O–H groups in total. The topological polar surface area (TPSA) is 59.4 Å². The molecule has 0 spiro atoms. The van der Waals surface area contributed by atoms with Crippen molar-refractivity contribution >= 4 is 29.2 Å². The molecule has 1 aromatic heterocycles. The van der Waals surface area contributed by atoms with E-state index < -0.39 is 5.97 Å². The summed E-state index contributed by atoms with van der Waals surface area (Å²) >= 11 is 11.9. The van der Waals surface area contributed by atoms with Gasteiger partial charge in [-0.1, -0.05) is 23.2 Å². The van der Waals surface area contributed by atoms with Crippen LogP contribution in [0.15, 0.2) is 30.3 Å². The molecule has 0 aliphatic rings. The number of ether oxygens (including phenoxy) is 1. The molecule has 0 fully saturated rings. The number of benzene rings is 1. The van der Waals surface area contributed by atoms with Crippen molar-refractivity contribution in [3.05, 3.63) is 45.9 Å². The Morgan fingerprint density at radius 3 is 2.58 bits per heavy atom. The van der Waals surface area contributed by atoms with Crippen LogP contribution in [0.3, 0.4) is 0 Å². The summed E-state index contributed by atoms with van der Waals surface area (Å²) < 4.78 is 4.99. The molecule has 0 bridgehead atoms. The smallest absolute Gasteiger partial charge is 0.335 e. The van der Waals surface area contributed by atoms with E-state index in [-0.39, 0.29) is 11.4 Å². The summed E-state index contributed by atoms with van der Waals surface area (Å²) in [5.41, 5.74) is 1.08. The highest BCUT2D eigenvalue weighted by Crippen LogP contribution is 2.30. The van der Waals surface area contributed by atoms with E-state index in [9.17, 15) is 4.79 Å². The van der Waals surface area contributed by atoms with E-state index in [2.05, 4.69) is 4.98 Å². The van der Waals surface area contributed by atoms with Crippen molar-refractivity contribution in [1.29, 1.82) is 0 Å². The third kappa shape index (κ3) is 2.97. The second-order valence-corrected chi connectivity index (χ2v) is 4.56. The summed E-state index contributed by atoms with van der Waals surface area (Å²) in [4.78, 5) is 15.2. The van der Waals surface area contributed by atoms with Crippen LogP contribution < -0.4 is 4.74 Å². The minimum atomic E-state index is -1.06. The maximum absolute atomic E-state index is 11.1. The largest absolute Gasteiger partial charge is 0.481 e. The molecule has 0 unspecified atom stereocenters. The van der Waals surface area contributed by atoms with Gasteiger partial charge in [0.25, 0.3) is 0 Å². The van der Waals surface area contributed by atoms with Crippen LogP contribution in [-0.4, -0.2) is 23.2 Å². The summed E-state index contributed by atoms with van der Waals surface area (Å²) in [6.07, 6.45) is 0. The van der Waals surface area contributed by atoms with Gasteiger partial charge in [0.1, 0.15) is 0 Å². The summed E-state index contributed by atoms with van der Waals surface area (Å²) in [7, 11) is 1.42. The Balaban J connectivity index is 2.60. The number of hydrogen-bond acceptors (Lipinski definition) is 3. The van der Waals surface area contributed by atoms with Crippen molar-refractivity contribution in [3.63, 3.8) is 0 Å². The fourth-order valence-corrected chi connectivity index (χ4v) is 2.07. The van der Waals surface area contributed by atoms with Gasteiger partial charge in [0.05, 0.1) is 23.4 Å². The van der Waals surface area contributed by atoms with Gasteiger partial charge >= 0.3 is 5.97 Å². The highest BCUT2D eigenvalue weighted by Gasteiger charge is 2.12. The summed E-state index contributed by atoms with van der Waals surface area (Å²) in [6.45, 7) is 0. The molecule has 1 aromatic carbocycles. The summed E-state index contributed by atoms with van der Waals surface area (Å²) in [5, 5.41) is 9.94. The maximum Gasteiger partial charge on any atom is 0.335 e. The lowest BCUT2D eigenvalue weighted by molar-refractivity contribution is 0.0696. The number of hydrogen-bond donors (Lipinski definition) is 1. The number of pyridine rings is 1. The molecule has 98 valence electrons. The van der Waals surface area contributed by atoms with Crippen LogP contribution in [0.1, 0.15) is 10.4 Å². The first-order valence-corrected chi connectivity index (χ1v) is 6.01. The number of methoxy groups -OCH3 is 1. The van der Waals surface area contributed by atoms with Gasteiger partial charge in [0.2, 0.25) is 5.88 Å². The third-order valence-electron chi connectivity index (χ3n) is 2.47. The monoisotopic (exact) mass is 297 g/mol. The van der Waals surface area contributed by atoms with Crippen LogP contribution >= 0.6 is 23.2 Å². The average Bonchev–Trinajstić information content (AvgIpc) is 2.38. The highest BCUT2D eigenvalue weighted by molar-refractivity contribution is 6.36. The van der Waals surface area contributed by atoms with Crippen LogP contribution in [0.2, 0.25) is 10.0 Å². The molecule has 0 atom stereocenters. The Bertz CT molecular complexity index is 644. The number of rotatable bonds is 3. The molecule has 0 aliphatic heterocycles. The van der Waals surface area contributed by atoms with Crippen LogP contribution in [0.4, 0.5) is 0 Å². The standard InChI is InChI=1S/C13H9Cl2NO3/c1-19-12-5-7(13(17)18)4-11(16-12)9-3-2-8(14)6-10(9)15/h2-6H,1H3,(H,17,18). The Kier molecular flexibility index (Phi) is 3.93. The van der Waals surface area contributed by atoms with Crippen molar-refractivity contribution in [2.75, 3.05) is 7.11 Å². The molecule has 6 heteroatoms. The summed E-state index contributed by atoms with van der Waals surface area (Å²) in [5.74, 6) is -0.854. The van der Waals surface area contributed by atoms with Crippen molar-refractivity contribution in [2.24, 2.45) is 0 Å². The van der Waals surface area contributed by atoms with E-state index in [0.717, 1.165) is 0 Å². The molecule has 2 rings (SSSR count). The van der Waals surface area contributed by atoms with E-state index in [1.807, 2.05) is 0 Å². The van der Waals surface area contributed by atoms with Gasteiger partial charge in [-0.05, 0) is 24.3 Å². The zero-order valence-electron chi connectivity index (χ0n) is 9.85. The number of carbonyl (C=O) groups is 1. The maximum atomic E-state index is 11.1. The third-order valence-corrected chi connectivity index (χ3v) is 3.01. The predicted octanol–water partition coefficient (Wildman–Crippen LogP) is 3.76. The first kappa shape index (κ1) is 13.6. The second-order valence-electron chi connectivity index (χ2n) is 3.71. The molecular weight excluding hydrogens is 289 g/mol. The number of aromatic carboxylic acids is 1. The first-order valence-electron chi connectivity index (χ1n) is 5.26. The van der Waals surface area contributed by atoms with Crippen LogP contribution in [0.25, 0.3) is 11.3 Å². The molecule has 1 heterocycles. The lowest BCUT2D eigenvalue weighted by Gasteiger charge is -2.08. The quantitative estimate of drug-likeness (QED) is 0.937. The SMILES string of the molecule is COc1cc(C(=O)O)cc(-c2ccc(Cl)cc2Cl)n1. The van der Waals surface area contributed by atoms with Crippen molar-refractivity contribution in [1.82, 2.24) is 4.98 Å². The van der Waals surface area contributed by atoms with E-state index in [4.69, 9.17) is 33.0 Å². The Morgan fingerprint density at radius 1 is 1.26 bits per heavy atom. The van der Waals surface area contributed by atoms with E-state index in [1.54, 1.807) is 18.2 Å². The van der Waals surface area contributed by atoms with E-state index in [1.165, 1.54) is 19.2 Å². The molecule has 0 amide bonds. The van der Waals surface area contributed by atoms with Crippen molar-refractivity contribution in [3.8, 4) is 17.1 Å². The molecule has 19 heavy (non-hydrogen) atoms. The molecule has 0 saturated heterocycles. The van der Waals surface area contributed by atoms with E-state index >= 15 is 0 Å². The van der Waals surface area contributed by atoms with Gasteiger partial charge in [-0.25, -0.2) is 9.78 Å². The Hall–Kier alpha value is -1.78. The zero-order chi connectivity index (χ0) is 14.0. The van der Waals surface area contributed by atoms with Crippen LogP contribution in [-0.2, 0) is 0 Å². The lowest BCUT2D eigenvalue weighted by Crippen LogP contribution is -2.00. The minimum Gasteiger partial charge on any atom is -0.481 e. The molecule has 0 radical (unpaired) electrons. The van der Waals surface area contributed by atoms with Gasteiger partial charge in [-0.3, -0.25) is 0 Å². The first-order chi connectivity index (χ1) is 9.01. The Labute approximate surface area is 119 Å². The van der Waals surface area contributed by atoms with E-state index in [0.29, 0.717) is 21.3 Å². The highest BCUT2D eigenvalue weighted by atomic mass is 35.5. The van der Waals surface area contributed by atoms with Gasteiger partial charge in [0, 0.05) is 16.7 Å². The fraction of sp³-hybridized carbons (Fsp3) is 0.0769. The van der Waals surface area contributed by atoms with Gasteiger partial charge in [-0.2, -0.15) is 0 Å². The molecule has 0 aliphatic carbocycles. The lowest BCUT2D eigenvalue weighted by atomic mass is 10.1. The minimum absolute atomic E-state index is 0.0767. The van der Waals surface area contributed by atoms with Gasteiger partial charge in [0.15, 0.2) is 0 Å². The van der Waals surface area contributed by atoms with Crippen LogP contribution in [0, 0.1) is 0 Å².